The summed E-state index contributed by atoms with van der Waals surface area (Å²) in [5.74, 6) is -1.94. The molecule has 0 aliphatic carbocycles. The molecule has 0 aromatic carbocycles. The first-order chi connectivity index (χ1) is 9.01. The Labute approximate surface area is 113 Å². The number of carboxylic acid groups (broad SMARTS) is 2. The van der Waals surface area contributed by atoms with Crippen molar-refractivity contribution >= 4 is 11.9 Å². The summed E-state index contributed by atoms with van der Waals surface area (Å²) in [7, 11) is 0. The first-order valence-corrected chi connectivity index (χ1v) is 6.65. The van der Waals surface area contributed by atoms with Crippen LogP contribution in [-0.2, 0) is 19.1 Å². The van der Waals surface area contributed by atoms with Gasteiger partial charge in [-0.3, -0.25) is 0 Å². The van der Waals surface area contributed by atoms with Gasteiger partial charge in [0.25, 0.3) is 0 Å². The lowest BCUT2D eigenvalue weighted by Crippen LogP contribution is -2.28. The molecule has 0 radical (unpaired) electrons. The van der Waals surface area contributed by atoms with Crippen molar-refractivity contribution < 1.29 is 29.3 Å². The Morgan fingerprint density at radius 3 is 2.32 bits per heavy atom. The second-order valence-corrected chi connectivity index (χ2v) is 4.49. The Hall–Kier alpha value is -1.14. The maximum atomic E-state index is 11.0. The van der Waals surface area contributed by atoms with Crippen LogP contribution in [0.25, 0.3) is 0 Å². The summed E-state index contributed by atoms with van der Waals surface area (Å²) in [6.07, 6.45) is 2.20. The number of aliphatic carboxylic acids is 2. The molecule has 0 saturated carbocycles. The number of hydrogen-bond donors (Lipinski definition) is 2. The standard InChI is InChI=1S/C13H24O6/c1-3-5-6-11(13(16)17)19-8-10(4-2)7-18-9-12(14)15/h10-11H,3-9H2,1-2H3,(H,14,15)(H,16,17). The predicted molar refractivity (Wildman–Crippen MR) is 69.1 cm³/mol. The van der Waals surface area contributed by atoms with Gasteiger partial charge >= 0.3 is 11.9 Å². The van der Waals surface area contributed by atoms with Crippen molar-refractivity contribution in [2.75, 3.05) is 19.8 Å². The van der Waals surface area contributed by atoms with E-state index in [1.165, 1.54) is 0 Å². The molecule has 19 heavy (non-hydrogen) atoms. The first kappa shape index (κ1) is 17.9. The molecule has 0 amide bonds. The second-order valence-electron chi connectivity index (χ2n) is 4.49. The highest BCUT2D eigenvalue weighted by atomic mass is 16.5. The van der Waals surface area contributed by atoms with Crippen LogP contribution in [0.4, 0.5) is 0 Å². The molecule has 6 nitrogen and oxygen atoms in total. The summed E-state index contributed by atoms with van der Waals surface area (Å²) < 4.78 is 10.4. The van der Waals surface area contributed by atoms with Crippen LogP contribution in [0.1, 0.15) is 39.5 Å². The number of unbranched alkanes of at least 4 members (excludes halogenated alkanes) is 1. The molecule has 2 N–H and O–H groups in total. The molecule has 0 heterocycles. The molecule has 0 saturated heterocycles. The minimum atomic E-state index is -1.01. The summed E-state index contributed by atoms with van der Waals surface area (Å²) in [5.41, 5.74) is 0. The van der Waals surface area contributed by atoms with Crippen molar-refractivity contribution in [3.05, 3.63) is 0 Å². The number of hydrogen-bond acceptors (Lipinski definition) is 4. The minimum Gasteiger partial charge on any atom is -0.480 e. The third-order valence-electron chi connectivity index (χ3n) is 2.78. The largest absolute Gasteiger partial charge is 0.480 e. The second kappa shape index (κ2) is 10.8. The van der Waals surface area contributed by atoms with E-state index in [1.54, 1.807) is 0 Å². The zero-order valence-corrected chi connectivity index (χ0v) is 11.6. The molecule has 0 fully saturated rings. The maximum Gasteiger partial charge on any atom is 0.332 e. The van der Waals surface area contributed by atoms with Crippen molar-refractivity contribution in [2.45, 2.75) is 45.6 Å². The van der Waals surface area contributed by atoms with Gasteiger partial charge < -0.3 is 19.7 Å². The van der Waals surface area contributed by atoms with E-state index in [-0.39, 0.29) is 25.7 Å². The van der Waals surface area contributed by atoms with E-state index in [4.69, 9.17) is 19.7 Å². The molecule has 0 rings (SSSR count). The van der Waals surface area contributed by atoms with Gasteiger partial charge in [-0.15, -0.1) is 0 Å². The van der Waals surface area contributed by atoms with Gasteiger partial charge in [0, 0.05) is 5.92 Å². The monoisotopic (exact) mass is 276 g/mol. The summed E-state index contributed by atoms with van der Waals surface area (Å²) in [4.78, 5) is 21.3. The van der Waals surface area contributed by atoms with Gasteiger partial charge in [-0.1, -0.05) is 26.7 Å². The summed E-state index contributed by atoms with van der Waals surface area (Å²) in [6, 6.07) is 0. The Kier molecular flexibility index (Phi) is 10.1. The molecule has 2 atom stereocenters. The predicted octanol–water partition coefficient (Wildman–Crippen LogP) is 1.77. The molecule has 6 heteroatoms. The number of carbonyl (C=O) groups is 2. The van der Waals surface area contributed by atoms with E-state index >= 15 is 0 Å². The highest BCUT2D eigenvalue weighted by Gasteiger charge is 2.19. The lowest BCUT2D eigenvalue weighted by Gasteiger charge is -2.18. The summed E-state index contributed by atoms with van der Waals surface area (Å²) in [6.45, 7) is 4.13. The third-order valence-corrected chi connectivity index (χ3v) is 2.78. The Morgan fingerprint density at radius 2 is 1.84 bits per heavy atom. The smallest absolute Gasteiger partial charge is 0.332 e. The van der Waals surface area contributed by atoms with Crippen molar-refractivity contribution in [1.29, 1.82) is 0 Å². The van der Waals surface area contributed by atoms with E-state index in [9.17, 15) is 9.59 Å². The minimum absolute atomic E-state index is 0.0165. The van der Waals surface area contributed by atoms with E-state index in [1.807, 2.05) is 13.8 Å². The lowest BCUT2D eigenvalue weighted by atomic mass is 10.1. The van der Waals surface area contributed by atoms with Crippen LogP contribution in [0.15, 0.2) is 0 Å². The fraction of sp³-hybridized carbons (Fsp3) is 0.846. The normalized spacial score (nSPS) is 14.0. The van der Waals surface area contributed by atoms with Gasteiger partial charge in [0.15, 0.2) is 6.10 Å². The quantitative estimate of drug-likeness (QED) is 0.564. The highest BCUT2D eigenvalue weighted by Crippen LogP contribution is 2.10. The Morgan fingerprint density at radius 1 is 1.16 bits per heavy atom. The van der Waals surface area contributed by atoms with Crippen LogP contribution in [0.5, 0.6) is 0 Å². The number of rotatable bonds is 12. The molecule has 0 bridgehead atoms. The SMILES string of the molecule is CCCCC(OCC(CC)COCC(=O)O)C(=O)O. The van der Waals surface area contributed by atoms with Crippen molar-refractivity contribution in [2.24, 2.45) is 5.92 Å². The number of ether oxygens (including phenoxy) is 2. The zero-order valence-electron chi connectivity index (χ0n) is 11.6. The van der Waals surface area contributed by atoms with E-state index in [2.05, 4.69) is 0 Å². The van der Waals surface area contributed by atoms with E-state index < -0.39 is 18.0 Å². The molecular weight excluding hydrogens is 252 g/mol. The van der Waals surface area contributed by atoms with Gasteiger partial charge in [-0.05, 0) is 12.8 Å². The molecule has 0 aliphatic heterocycles. The van der Waals surface area contributed by atoms with Crippen LogP contribution in [0.2, 0.25) is 0 Å². The van der Waals surface area contributed by atoms with E-state index in [0.717, 1.165) is 19.3 Å². The van der Waals surface area contributed by atoms with Crippen LogP contribution in [-0.4, -0.2) is 48.1 Å². The summed E-state index contributed by atoms with van der Waals surface area (Å²) in [5, 5.41) is 17.5. The van der Waals surface area contributed by atoms with Crippen LogP contribution in [0, 0.1) is 5.92 Å². The molecule has 0 aromatic rings. The maximum absolute atomic E-state index is 11.0. The fourth-order valence-electron chi connectivity index (χ4n) is 1.52. The highest BCUT2D eigenvalue weighted by molar-refractivity contribution is 5.72. The fourth-order valence-corrected chi connectivity index (χ4v) is 1.52. The Bertz CT molecular complexity index is 266. The molecule has 0 aliphatic rings. The van der Waals surface area contributed by atoms with Crippen molar-refractivity contribution in [3.8, 4) is 0 Å². The van der Waals surface area contributed by atoms with E-state index in [0.29, 0.717) is 6.42 Å². The lowest BCUT2D eigenvalue weighted by molar-refractivity contribution is -0.152. The molecule has 0 aromatic heterocycles. The summed E-state index contributed by atoms with van der Waals surface area (Å²) >= 11 is 0. The third kappa shape index (κ3) is 9.44. The van der Waals surface area contributed by atoms with Crippen molar-refractivity contribution in [3.63, 3.8) is 0 Å². The van der Waals surface area contributed by atoms with Crippen molar-refractivity contribution in [1.82, 2.24) is 0 Å². The van der Waals surface area contributed by atoms with Gasteiger partial charge in [0.2, 0.25) is 0 Å². The number of carboxylic acids is 2. The zero-order chi connectivity index (χ0) is 14.7. The van der Waals surface area contributed by atoms with Gasteiger partial charge in [-0.2, -0.15) is 0 Å². The van der Waals surface area contributed by atoms with Gasteiger partial charge in [0.1, 0.15) is 6.61 Å². The molecule has 2 unspecified atom stereocenters. The van der Waals surface area contributed by atoms with Crippen LogP contribution < -0.4 is 0 Å². The van der Waals surface area contributed by atoms with Crippen LogP contribution in [0.3, 0.4) is 0 Å². The average molecular weight is 276 g/mol. The Balaban J connectivity index is 4.00. The molecular formula is C13H24O6. The topological polar surface area (TPSA) is 93.1 Å². The average Bonchev–Trinajstić information content (AvgIpc) is 2.35. The molecule has 0 spiro atoms. The molecule has 112 valence electrons. The van der Waals surface area contributed by atoms with Gasteiger partial charge in [0.05, 0.1) is 13.2 Å². The first-order valence-electron chi connectivity index (χ1n) is 6.65. The van der Waals surface area contributed by atoms with Gasteiger partial charge in [-0.25, -0.2) is 9.59 Å². The van der Waals surface area contributed by atoms with Crippen LogP contribution >= 0.6 is 0 Å².